The maximum Gasteiger partial charge on any atom is 0.271 e. The Morgan fingerprint density at radius 2 is 2.05 bits per heavy atom. The molecule has 0 atom stereocenters. The highest BCUT2D eigenvalue weighted by Gasteiger charge is 2.38. The predicted octanol–water partition coefficient (Wildman–Crippen LogP) is 0.881. The van der Waals surface area contributed by atoms with E-state index >= 15 is 0 Å². The molecule has 1 aliphatic rings. The minimum Gasteiger partial charge on any atom is -0.348 e. The van der Waals surface area contributed by atoms with Crippen LogP contribution in [0.3, 0.4) is 0 Å². The van der Waals surface area contributed by atoms with Crippen molar-refractivity contribution in [1.82, 2.24) is 20.2 Å². The molecule has 1 aromatic heterocycles. The summed E-state index contributed by atoms with van der Waals surface area (Å²) in [6, 6.07) is 0.156. The van der Waals surface area contributed by atoms with Gasteiger partial charge in [-0.05, 0) is 40.5 Å². The summed E-state index contributed by atoms with van der Waals surface area (Å²) in [5, 5.41) is 6.73. The first-order valence-corrected chi connectivity index (χ1v) is 7.53. The largest absolute Gasteiger partial charge is 0.348 e. The molecule has 0 unspecified atom stereocenters. The number of carbonyl (C=O) groups is 1. The van der Waals surface area contributed by atoms with Crippen molar-refractivity contribution in [2.45, 2.75) is 64.2 Å². The van der Waals surface area contributed by atoms with Crippen LogP contribution in [0, 0.1) is 0 Å². The molecule has 0 aromatic carbocycles. The molecule has 1 aromatic rings. The number of nitrogens with two attached hydrogens (primary N) is 1. The quantitative estimate of drug-likeness (QED) is 0.769. The van der Waals surface area contributed by atoms with Crippen LogP contribution in [0.5, 0.6) is 0 Å². The summed E-state index contributed by atoms with van der Waals surface area (Å²) in [5.74, 6) is -0.107. The summed E-state index contributed by atoms with van der Waals surface area (Å²) in [6.45, 7) is 9.89. The lowest BCUT2D eigenvalue weighted by Gasteiger charge is -2.46. The number of nitrogens with zero attached hydrogens (tertiary/aromatic N) is 2. The van der Waals surface area contributed by atoms with Gasteiger partial charge in [0.25, 0.3) is 5.91 Å². The van der Waals surface area contributed by atoms with Crippen LogP contribution in [-0.2, 0) is 6.54 Å². The van der Waals surface area contributed by atoms with Crippen LogP contribution in [-0.4, -0.2) is 39.1 Å². The minimum absolute atomic E-state index is 0.0125. The van der Waals surface area contributed by atoms with Crippen LogP contribution in [0.2, 0.25) is 0 Å². The topological polar surface area (TPSA) is 85.0 Å². The SMILES string of the molecule is CC1(C)CC(NC(=O)c2cn(CCN)cn2)CC(C)(C)N1. The number of carbonyl (C=O) groups excluding carboxylic acids is 1. The average Bonchev–Trinajstić information content (AvgIpc) is 2.73. The van der Waals surface area contributed by atoms with Crippen molar-refractivity contribution in [3.63, 3.8) is 0 Å². The highest BCUT2D eigenvalue weighted by molar-refractivity contribution is 5.92. The molecule has 118 valence electrons. The molecule has 0 spiro atoms. The molecule has 0 saturated carbocycles. The van der Waals surface area contributed by atoms with Crippen LogP contribution >= 0.6 is 0 Å². The molecule has 0 aliphatic carbocycles. The van der Waals surface area contributed by atoms with Gasteiger partial charge in [-0.15, -0.1) is 0 Å². The number of piperidine rings is 1. The average molecular weight is 293 g/mol. The zero-order valence-corrected chi connectivity index (χ0v) is 13.4. The molecule has 21 heavy (non-hydrogen) atoms. The highest BCUT2D eigenvalue weighted by atomic mass is 16.2. The fourth-order valence-electron chi connectivity index (χ4n) is 3.43. The molecule has 2 rings (SSSR count). The second kappa shape index (κ2) is 5.77. The maximum absolute atomic E-state index is 12.3. The lowest BCUT2D eigenvalue weighted by atomic mass is 9.79. The van der Waals surface area contributed by atoms with Gasteiger partial charge >= 0.3 is 0 Å². The van der Waals surface area contributed by atoms with Gasteiger partial charge in [0.2, 0.25) is 0 Å². The number of hydrogen-bond acceptors (Lipinski definition) is 4. The number of aromatic nitrogens is 2. The van der Waals surface area contributed by atoms with Crippen molar-refractivity contribution in [2.75, 3.05) is 6.54 Å². The van der Waals surface area contributed by atoms with Crippen molar-refractivity contribution in [1.29, 1.82) is 0 Å². The van der Waals surface area contributed by atoms with Gasteiger partial charge in [0.1, 0.15) is 5.69 Å². The Bertz CT molecular complexity index is 490. The fraction of sp³-hybridized carbons (Fsp3) is 0.733. The van der Waals surface area contributed by atoms with Gasteiger partial charge in [-0.1, -0.05) is 0 Å². The van der Waals surface area contributed by atoms with E-state index in [0.29, 0.717) is 18.8 Å². The molecular weight excluding hydrogens is 266 g/mol. The number of amides is 1. The zero-order valence-electron chi connectivity index (χ0n) is 13.4. The third-order valence-electron chi connectivity index (χ3n) is 3.78. The van der Waals surface area contributed by atoms with Crippen LogP contribution in [0.15, 0.2) is 12.5 Å². The van der Waals surface area contributed by atoms with Crippen molar-refractivity contribution < 1.29 is 4.79 Å². The van der Waals surface area contributed by atoms with Crippen LogP contribution in [0.4, 0.5) is 0 Å². The predicted molar refractivity (Wildman–Crippen MR) is 83.1 cm³/mol. The molecule has 6 nitrogen and oxygen atoms in total. The number of rotatable bonds is 4. The number of imidazole rings is 1. The van der Waals surface area contributed by atoms with Crippen LogP contribution < -0.4 is 16.4 Å². The third kappa shape index (κ3) is 4.28. The Morgan fingerprint density at radius 1 is 1.43 bits per heavy atom. The molecule has 6 heteroatoms. The summed E-state index contributed by atoms with van der Waals surface area (Å²) >= 11 is 0. The monoisotopic (exact) mass is 293 g/mol. The minimum atomic E-state index is -0.107. The Balaban J connectivity index is 2.01. The molecule has 4 N–H and O–H groups in total. The molecule has 2 heterocycles. The maximum atomic E-state index is 12.3. The molecule has 1 fully saturated rings. The molecule has 0 radical (unpaired) electrons. The van der Waals surface area contributed by atoms with E-state index in [4.69, 9.17) is 5.73 Å². The Kier molecular flexibility index (Phi) is 4.39. The summed E-state index contributed by atoms with van der Waals surface area (Å²) in [6.07, 6.45) is 5.22. The molecular formula is C15H27N5O. The van der Waals surface area contributed by atoms with E-state index < -0.39 is 0 Å². The number of hydrogen-bond donors (Lipinski definition) is 3. The summed E-state index contributed by atoms with van der Waals surface area (Å²) < 4.78 is 1.84. The van der Waals surface area contributed by atoms with Gasteiger partial charge in [-0.3, -0.25) is 4.79 Å². The van der Waals surface area contributed by atoms with Gasteiger partial charge in [0.05, 0.1) is 6.33 Å². The molecule has 1 saturated heterocycles. The third-order valence-corrected chi connectivity index (χ3v) is 3.78. The van der Waals surface area contributed by atoms with Crippen molar-refractivity contribution >= 4 is 5.91 Å². The van der Waals surface area contributed by atoms with Gasteiger partial charge in [0, 0.05) is 36.4 Å². The normalized spacial score (nSPS) is 21.2. The van der Waals surface area contributed by atoms with E-state index in [9.17, 15) is 4.79 Å². The number of nitrogens with one attached hydrogen (secondary N) is 2. The van der Waals surface area contributed by atoms with Crippen LogP contribution in [0.25, 0.3) is 0 Å². The van der Waals surface area contributed by atoms with Crippen molar-refractivity contribution in [3.8, 4) is 0 Å². The zero-order chi connectivity index (χ0) is 15.7. The van der Waals surface area contributed by atoms with E-state index in [2.05, 4.69) is 43.3 Å². The molecule has 1 amide bonds. The van der Waals surface area contributed by atoms with E-state index in [0.717, 1.165) is 12.8 Å². The van der Waals surface area contributed by atoms with Gasteiger partial charge in [-0.25, -0.2) is 4.98 Å². The highest BCUT2D eigenvalue weighted by Crippen LogP contribution is 2.28. The lowest BCUT2D eigenvalue weighted by molar-refractivity contribution is 0.0868. The standard InChI is InChI=1S/C15H27N5O/c1-14(2)7-11(8-15(3,4)19-14)18-13(21)12-9-20(6-5-16)10-17-12/h9-11,19H,5-8,16H2,1-4H3,(H,18,21). The van der Waals surface area contributed by atoms with Gasteiger partial charge in [-0.2, -0.15) is 0 Å². The van der Waals surface area contributed by atoms with E-state index in [1.54, 1.807) is 12.5 Å². The molecule has 1 aliphatic heterocycles. The van der Waals surface area contributed by atoms with E-state index in [1.807, 2.05) is 4.57 Å². The van der Waals surface area contributed by atoms with Gasteiger partial charge in [0.15, 0.2) is 0 Å². The lowest BCUT2D eigenvalue weighted by Crippen LogP contribution is -2.62. The summed E-state index contributed by atoms with van der Waals surface area (Å²) in [5.41, 5.74) is 5.98. The van der Waals surface area contributed by atoms with E-state index in [1.165, 1.54) is 0 Å². The van der Waals surface area contributed by atoms with Crippen LogP contribution in [0.1, 0.15) is 51.0 Å². The Labute approximate surface area is 126 Å². The summed E-state index contributed by atoms with van der Waals surface area (Å²) in [7, 11) is 0. The first-order chi connectivity index (χ1) is 9.71. The fourth-order valence-corrected chi connectivity index (χ4v) is 3.43. The first kappa shape index (κ1) is 16.0. The van der Waals surface area contributed by atoms with E-state index in [-0.39, 0.29) is 23.0 Å². The molecule has 0 bridgehead atoms. The van der Waals surface area contributed by atoms with Crippen molar-refractivity contribution in [2.24, 2.45) is 5.73 Å². The smallest absolute Gasteiger partial charge is 0.271 e. The van der Waals surface area contributed by atoms with Gasteiger partial charge < -0.3 is 20.9 Å². The second-order valence-corrected chi connectivity index (χ2v) is 7.26. The second-order valence-electron chi connectivity index (χ2n) is 7.26. The Morgan fingerprint density at radius 3 is 2.62 bits per heavy atom. The summed E-state index contributed by atoms with van der Waals surface area (Å²) in [4.78, 5) is 16.5. The van der Waals surface area contributed by atoms with Crippen molar-refractivity contribution in [3.05, 3.63) is 18.2 Å². The first-order valence-electron chi connectivity index (χ1n) is 7.53. The Hall–Kier alpha value is -1.40.